The molecule has 2 rings (SSSR count). The number of aliphatic hydroxyl groups is 1. The fraction of sp³-hybridized carbons (Fsp3) is 0.267. The van der Waals surface area contributed by atoms with Crippen molar-refractivity contribution in [2.24, 2.45) is 0 Å². The molecule has 0 unspecified atom stereocenters. The Balaban J connectivity index is 0.000000240. The summed E-state index contributed by atoms with van der Waals surface area (Å²) >= 11 is 0. The first-order valence-electron chi connectivity index (χ1n) is 6.95. The number of methoxy groups -OCH3 is 2. The molecule has 0 radical (unpaired) electrons. The number of rotatable bonds is 5. The summed E-state index contributed by atoms with van der Waals surface area (Å²) in [6.45, 7) is 0.220. The lowest BCUT2D eigenvalue weighted by Crippen LogP contribution is -2.04. The first-order valence-corrected chi connectivity index (χ1v) is 6.95. The van der Waals surface area contributed by atoms with E-state index in [0.29, 0.717) is 40.3 Å². The molecule has 24 heavy (non-hydrogen) atoms. The Hall–Kier alpha value is -3.07. The first-order chi connectivity index (χ1) is 11.4. The highest BCUT2D eigenvalue weighted by Gasteiger charge is 2.07. The maximum absolute atomic E-state index is 8.48. The van der Waals surface area contributed by atoms with Crippen LogP contribution in [0.4, 0.5) is 22.7 Å². The van der Waals surface area contributed by atoms with Crippen molar-refractivity contribution >= 4 is 22.7 Å². The van der Waals surface area contributed by atoms with Crippen LogP contribution < -0.4 is 37.1 Å². The van der Waals surface area contributed by atoms with Crippen molar-refractivity contribution in [2.45, 2.75) is 0 Å². The van der Waals surface area contributed by atoms with E-state index in [1.807, 2.05) is 0 Å². The summed E-state index contributed by atoms with van der Waals surface area (Å²) in [5, 5.41) is 8.48. The molecular weight excluding hydrogens is 314 g/mol. The number of nitrogen functional groups attached to an aromatic ring is 4. The lowest BCUT2D eigenvalue weighted by molar-refractivity contribution is 0.202. The van der Waals surface area contributed by atoms with Gasteiger partial charge in [0.15, 0.2) is 0 Å². The average molecular weight is 337 g/mol. The highest BCUT2D eigenvalue weighted by molar-refractivity contribution is 5.62. The van der Waals surface area contributed by atoms with E-state index in [1.165, 1.54) is 14.2 Å². The predicted molar refractivity (Wildman–Crippen MR) is 94.0 cm³/mol. The Morgan fingerprint density at radius 2 is 1.50 bits per heavy atom. The number of benzene rings is 1. The number of hydrogen-bond donors (Lipinski definition) is 5. The highest BCUT2D eigenvalue weighted by Crippen LogP contribution is 2.27. The van der Waals surface area contributed by atoms with Crippen LogP contribution in [-0.4, -0.2) is 37.5 Å². The second-order valence-corrected chi connectivity index (χ2v) is 4.55. The van der Waals surface area contributed by atoms with Crippen LogP contribution in [0.15, 0.2) is 24.3 Å². The number of nitrogens with two attached hydrogens (primary N) is 4. The molecule has 0 aliphatic carbocycles. The Morgan fingerprint density at radius 1 is 0.917 bits per heavy atom. The Morgan fingerprint density at radius 3 is 1.96 bits per heavy atom. The van der Waals surface area contributed by atoms with Gasteiger partial charge in [0.1, 0.15) is 12.4 Å². The van der Waals surface area contributed by atoms with Crippen LogP contribution in [0.25, 0.3) is 0 Å². The Labute approximate surface area is 140 Å². The van der Waals surface area contributed by atoms with E-state index in [-0.39, 0.29) is 13.2 Å². The Bertz CT molecular complexity index is 641. The van der Waals surface area contributed by atoms with E-state index < -0.39 is 0 Å². The molecular formula is C15H23N5O4. The molecule has 9 heteroatoms. The molecule has 0 saturated heterocycles. The van der Waals surface area contributed by atoms with E-state index in [4.69, 9.17) is 42.3 Å². The SMILES string of the molecule is COc1nc(OC)c(N)cc1N.Nc1ccc(OCCO)c(N)c1. The van der Waals surface area contributed by atoms with Crippen molar-refractivity contribution in [1.29, 1.82) is 0 Å². The lowest BCUT2D eigenvalue weighted by Gasteiger charge is -2.07. The van der Waals surface area contributed by atoms with Gasteiger partial charge in [0.05, 0.1) is 37.9 Å². The number of hydrogen-bond acceptors (Lipinski definition) is 9. The van der Waals surface area contributed by atoms with E-state index in [2.05, 4.69) is 4.98 Å². The molecule has 0 amide bonds. The van der Waals surface area contributed by atoms with Gasteiger partial charge < -0.3 is 42.3 Å². The molecule has 0 bridgehead atoms. The first kappa shape index (κ1) is 19.0. The van der Waals surface area contributed by atoms with Gasteiger partial charge >= 0.3 is 0 Å². The van der Waals surface area contributed by atoms with Crippen LogP contribution in [0.1, 0.15) is 0 Å². The molecule has 0 spiro atoms. The van der Waals surface area contributed by atoms with Gasteiger partial charge in [-0.3, -0.25) is 0 Å². The minimum absolute atomic E-state index is 0.0240. The number of pyridine rings is 1. The van der Waals surface area contributed by atoms with Crippen LogP contribution in [0.5, 0.6) is 17.5 Å². The topological polar surface area (TPSA) is 165 Å². The second kappa shape index (κ2) is 9.16. The zero-order chi connectivity index (χ0) is 18.1. The number of nitrogens with zero attached hydrogens (tertiary/aromatic N) is 1. The number of aliphatic hydroxyl groups excluding tert-OH is 1. The van der Waals surface area contributed by atoms with E-state index in [0.717, 1.165) is 0 Å². The maximum Gasteiger partial charge on any atom is 0.240 e. The molecule has 9 nitrogen and oxygen atoms in total. The fourth-order valence-electron chi connectivity index (χ4n) is 1.69. The smallest absolute Gasteiger partial charge is 0.240 e. The second-order valence-electron chi connectivity index (χ2n) is 4.55. The molecule has 2 aromatic rings. The standard InChI is InChI=1S/C8H12N2O2.C7H11N3O2/c9-6-1-2-8(7(10)5-6)12-4-3-11;1-11-6-4(8)3-5(9)7(10-6)12-2/h1-2,5,11H,3-4,9-10H2;3H,8-9H2,1-2H3. The maximum atomic E-state index is 8.48. The monoisotopic (exact) mass is 337 g/mol. The summed E-state index contributed by atoms with van der Waals surface area (Å²) in [7, 11) is 2.96. The van der Waals surface area contributed by atoms with Crippen molar-refractivity contribution in [3.8, 4) is 17.5 Å². The quantitative estimate of drug-likeness (QED) is 0.488. The van der Waals surface area contributed by atoms with Crippen molar-refractivity contribution in [3.05, 3.63) is 24.3 Å². The third kappa shape index (κ3) is 5.29. The summed E-state index contributed by atoms with van der Waals surface area (Å²) < 4.78 is 14.9. The van der Waals surface area contributed by atoms with E-state index in [1.54, 1.807) is 24.3 Å². The minimum atomic E-state index is -0.0240. The molecule has 0 aliphatic rings. The number of aromatic nitrogens is 1. The molecule has 0 atom stereocenters. The van der Waals surface area contributed by atoms with Crippen molar-refractivity contribution in [1.82, 2.24) is 4.98 Å². The van der Waals surface area contributed by atoms with E-state index >= 15 is 0 Å². The highest BCUT2D eigenvalue weighted by atomic mass is 16.5. The van der Waals surface area contributed by atoms with Crippen LogP contribution in [0.2, 0.25) is 0 Å². The van der Waals surface area contributed by atoms with Gasteiger partial charge in [0.2, 0.25) is 11.8 Å². The third-order valence-electron chi connectivity index (χ3n) is 2.78. The molecule has 9 N–H and O–H groups in total. The number of ether oxygens (including phenoxy) is 3. The molecule has 0 saturated carbocycles. The van der Waals surface area contributed by atoms with Crippen LogP contribution >= 0.6 is 0 Å². The third-order valence-corrected chi connectivity index (χ3v) is 2.78. The van der Waals surface area contributed by atoms with Gasteiger partial charge in [0, 0.05) is 5.69 Å². The summed E-state index contributed by atoms with van der Waals surface area (Å²) in [5.41, 5.74) is 24.0. The van der Waals surface area contributed by atoms with E-state index in [9.17, 15) is 0 Å². The van der Waals surface area contributed by atoms with Crippen molar-refractivity contribution in [2.75, 3.05) is 50.4 Å². The van der Waals surface area contributed by atoms with Gasteiger partial charge in [-0.1, -0.05) is 0 Å². The van der Waals surface area contributed by atoms with Gasteiger partial charge in [-0.15, -0.1) is 0 Å². The normalized spacial score (nSPS) is 9.62. The zero-order valence-corrected chi connectivity index (χ0v) is 13.7. The summed E-state index contributed by atoms with van der Waals surface area (Å²) in [5.74, 6) is 1.19. The molecule has 1 heterocycles. The lowest BCUT2D eigenvalue weighted by atomic mass is 10.2. The zero-order valence-electron chi connectivity index (χ0n) is 13.7. The summed E-state index contributed by atoms with van der Waals surface area (Å²) in [6.07, 6.45) is 0. The molecule has 1 aromatic heterocycles. The van der Waals surface area contributed by atoms with Crippen molar-refractivity contribution in [3.63, 3.8) is 0 Å². The fourth-order valence-corrected chi connectivity index (χ4v) is 1.69. The van der Waals surface area contributed by atoms with Crippen LogP contribution in [0.3, 0.4) is 0 Å². The van der Waals surface area contributed by atoms with Crippen molar-refractivity contribution < 1.29 is 19.3 Å². The van der Waals surface area contributed by atoms with Gasteiger partial charge in [-0.2, -0.15) is 4.98 Å². The van der Waals surface area contributed by atoms with Gasteiger partial charge in [-0.05, 0) is 24.3 Å². The number of anilines is 4. The molecule has 132 valence electrons. The van der Waals surface area contributed by atoms with Crippen LogP contribution in [0, 0.1) is 0 Å². The molecule has 0 aliphatic heterocycles. The van der Waals surface area contributed by atoms with Gasteiger partial charge in [-0.25, -0.2) is 0 Å². The molecule has 1 aromatic carbocycles. The van der Waals surface area contributed by atoms with Gasteiger partial charge in [0.25, 0.3) is 0 Å². The largest absolute Gasteiger partial charge is 0.489 e. The average Bonchev–Trinajstić information content (AvgIpc) is 2.55. The van der Waals surface area contributed by atoms with Crippen LogP contribution in [-0.2, 0) is 0 Å². The summed E-state index contributed by atoms with van der Waals surface area (Å²) in [4.78, 5) is 3.91. The summed E-state index contributed by atoms with van der Waals surface area (Å²) in [6, 6.07) is 6.54. The minimum Gasteiger partial charge on any atom is -0.489 e. The predicted octanol–water partition coefficient (Wildman–Crippen LogP) is 0.485. The Kier molecular flexibility index (Phi) is 7.24. The molecule has 0 fully saturated rings.